The van der Waals surface area contributed by atoms with Crippen LogP contribution in [0.25, 0.3) is 10.8 Å². The van der Waals surface area contributed by atoms with Crippen LogP contribution in [-0.4, -0.2) is 38.6 Å². The number of hydrogen-bond acceptors (Lipinski definition) is 4. The van der Waals surface area contributed by atoms with Gasteiger partial charge in [0.1, 0.15) is 36.9 Å². The minimum Gasteiger partial charge on any atom is -0.490 e. The molecule has 0 N–H and O–H groups in total. The Balaban J connectivity index is 1.66. The summed E-state index contributed by atoms with van der Waals surface area (Å²) in [5, 5.41) is 2.31. The molecule has 2 fully saturated rings. The zero-order valence-corrected chi connectivity index (χ0v) is 14.4. The Labute approximate surface area is 147 Å². The van der Waals surface area contributed by atoms with Gasteiger partial charge in [-0.2, -0.15) is 0 Å². The zero-order valence-electron chi connectivity index (χ0n) is 14.4. The van der Waals surface area contributed by atoms with Gasteiger partial charge in [0.25, 0.3) is 0 Å². The van der Waals surface area contributed by atoms with E-state index in [4.69, 9.17) is 18.9 Å². The monoisotopic (exact) mass is 338 g/mol. The lowest BCUT2D eigenvalue weighted by Crippen LogP contribution is -2.13. The van der Waals surface area contributed by atoms with Crippen LogP contribution in [0, 0.1) is 6.92 Å². The first-order valence-corrected chi connectivity index (χ1v) is 9.02. The fourth-order valence-electron chi connectivity index (χ4n) is 3.59. The van der Waals surface area contributed by atoms with Crippen LogP contribution in [0.15, 0.2) is 30.4 Å². The molecule has 2 aliphatic heterocycles. The second-order valence-corrected chi connectivity index (χ2v) is 7.03. The number of hydrogen-bond donors (Lipinski definition) is 0. The lowest BCUT2D eigenvalue weighted by atomic mass is 9.89. The molecule has 1 aliphatic carbocycles. The van der Waals surface area contributed by atoms with Gasteiger partial charge in [-0.3, -0.25) is 0 Å². The number of ether oxygens (including phenoxy) is 4. The number of allylic oxidation sites excluding steroid dienone is 2. The Morgan fingerprint density at radius 3 is 2.16 bits per heavy atom. The van der Waals surface area contributed by atoms with Gasteiger partial charge < -0.3 is 18.9 Å². The first-order valence-electron chi connectivity index (χ1n) is 9.02. The van der Waals surface area contributed by atoms with E-state index in [1.807, 2.05) is 0 Å². The smallest absolute Gasteiger partial charge is 0.131 e. The third-order valence-corrected chi connectivity index (χ3v) is 5.10. The highest BCUT2D eigenvalue weighted by Crippen LogP contribution is 2.44. The third kappa shape index (κ3) is 2.90. The van der Waals surface area contributed by atoms with Crippen molar-refractivity contribution in [1.29, 1.82) is 0 Å². The molecule has 25 heavy (non-hydrogen) atoms. The molecule has 4 nitrogen and oxygen atoms in total. The maximum Gasteiger partial charge on any atom is 0.131 e. The summed E-state index contributed by atoms with van der Waals surface area (Å²) in [4.78, 5) is 0. The van der Waals surface area contributed by atoms with Crippen LogP contribution in [-0.2, 0) is 22.3 Å². The van der Waals surface area contributed by atoms with Crippen LogP contribution in [0.1, 0.15) is 16.7 Å². The molecular formula is C21H22O4. The van der Waals surface area contributed by atoms with Gasteiger partial charge in [0.15, 0.2) is 0 Å². The quantitative estimate of drug-likeness (QED) is 0.598. The number of aryl methyl sites for hydroxylation is 1. The van der Waals surface area contributed by atoms with Gasteiger partial charge in [0, 0.05) is 21.9 Å². The summed E-state index contributed by atoms with van der Waals surface area (Å²) < 4.78 is 23.2. The van der Waals surface area contributed by atoms with Gasteiger partial charge in [-0.1, -0.05) is 30.4 Å². The number of rotatable bonds is 6. The van der Waals surface area contributed by atoms with Crippen molar-refractivity contribution < 1.29 is 18.9 Å². The Bertz CT molecular complexity index is 847. The first-order chi connectivity index (χ1) is 12.3. The van der Waals surface area contributed by atoms with Crippen molar-refractivity contribution in [3.05, 3.63) is 47.0 Å². The van der Waals surface area contributed by atoms with Crippen molar-refractivity contribution in [1.82, 2.24) is 0 Å². The number of epoxide rings is 2. The van der Waals surface area contributed by atoms with Crippen LogP contribution in [0.5, 0.6) is 11.5 Å². The molecule has 0 amide bonds. The van der Waals surface area contributed by atoms with E-state index in [-0.39, 0.29) is 12.2 Å². The number of benzene rings is 2. The highest BCUT2D eigenvalue weighted by molar-refractivity contribution is 5.98. The molecule has 2 saturated heterocycles. The molecule has 0 aromatic heterocycles. The van der Waals surface area contributed by atoms with Crippen LogP contribution in [0.2, 0.25) is 0 Å². The van der Waals surface area contributed by atoms with Crippen LogP contribution in [0.3, 0.4) is 0 Å². The molecule has 2 aromatic carbocycles. The maximum atomic E-state index is 6.28. The number of fused-ring (bicyclic) bond motifs is 2. The van der Waals surface area contributed by atoms with Gasteiger partial charge in [-0.05, 0) is 25.3 Å². The fraction of sp³-hybridized carbons (Fsp3) is 0.429. The van der Waals surface area contributed by atoms with Crippen molar-refractivity contribution >= 4 is 10.8 Å². The first kappa shape index (κ1) is 15.2. The average Bonchev–Trinajstić information content (AvgIpc) is 3.53. The lowest BCUT2D eigenvalue weighted by Gasteiger charge is -2.24. The van der Waals surface area contributed by atoms with E-state index in [0.29, 0.717) is 13.2 Å². The van der Waals surface area contributed by atoms with Gasteiger partial charge in [0.05, 0.1) is 13.2 Å². The van der Waals surface area contributed by atoms with E-state index in [1.165, 1.54) is 22.1 Å². The van der Waals surface area contributed by atoms with Crippen molar-refractivity contribution in [2.45, 2.75) is 32.0 Å². The molecule has 2 heterocycles. The summed E-state index contributed by atoms with van der Waals surface area (Å²) in [6.45, 7) is 5.00. The van der Waals surface area contributed by atoms with Gasteiger partial charge >= 0.3 is 0 Å². The maximum absolute atomic E-state index is 6.28. The standard InChI is InChI=1S/C21H22O4/c1-13-5-4-8-18-19(13)21(25-12-15-10-23-15)17-7-3-2-6-16(17)20(18)24-11-14-9-22-14/h2-5,8,14-15H,6-7,9-12H2,1H3. The topological polar surface area (TPSA) is 43.5 Å². The highest BCUT2D eigenvalue weighted by atomic mass is 16.6. The minimum absolute atomic E-state index is 0.247. The summed E-state index contributed by atoms with van der Waals surface area (Å²) in [5.74, 6) is 2.02. The summed E-state index contributed by atoms with van der Waals surface area (Å²) in [6, 6.07) is 6.38. The van der Waals surface area contributed by atoms with E-state index < -0.39 is 0 Å². The summed E-state index contributed by atoms with van der Waals surface area (Å²) >= 11 is 0. The van der Waals surface area contributed by atoms with Crippen molar-refractivity contribution in [2.24, 2.45) is 0 Å². The molecule has 4 heteroatoms. The molecule has 0 radical (unpaired) electrons. The fourth-order valence-corrected chi connectivity index (χ4v) is 3.59. The van der Waals surface area contributed by atoms with Gasteiger partial charge in [0.2, 0.25) is 0 Å². The minimum atomic E-state index is 0.247. The summed E-state index contributed by atoms with van der Waals surface area (Å²) in [5.41, 5.74) is 3.73. The summed E-state index contributed by atoms with van der Waals surface area (Å²) in [7, 11) is 0. The van der Waals surface area contributed by atoms with Crippen molar-refractivity contribution in [2.75, 3.05) is 26.4 Å². The molecule has 130 valence electrons. The molecule has 0 spiro atoms. The largest absolute Gasteiger partial charge is 0.490 e. The van der Waals surface area contributed by atoms with E-state index in [9.17, 15) is 0 Å². The lowest BCUT2D eigenvalue weighted by molar-refractivity contribution is 0.258. The molecule has 0 bridgehead atoms. The average molecular weight is 338 g/mol. The predicted molar refractivity (Wildman–Crippen MR) is 95.7 cm³/mol. The molecule has 2 aromatic rings. The second kappa shape index (κ2) is 6.04. The Kier molecular flexibility index (Phi) is 3.68. The van der Waals surface area contributed by atoms with E-state index in [1.54, 1.807) is 0 Å². The highest BCUT2D eigenvalue weighted by Gasteiger charge is 2.29. The second-order valence-electron chi connectivity index (χ2n) is 7.03. The molecule has 5 rings (SSSR count). The van der Waals surface area contributed by atoms with Crippen LogP contribution in [0.4, 0.5) is 0 Å². The Morgan fingerprint density at radius 1 is 0.920 bits per heavy atom. The van der Waals surface area contributed by atoms with Crippen LogP contribution >= 0.6 is 0 Å². The van der Waals surface area contributed by atoms with Gasteiger partial charge in [-0.25, -0.2) is 0 Å². The molecule has 2 atom stereocenters. The van der Waals surface area contributed by atoms with Crippen LogP contribution < -0.4 is 9.47 Å². The zero-order chi connectivity index (χ0) is 16.8. The predicted octanol–water partition coefficient (Wildman–Crippen LogP) is 3.36. The summed E-state index contributed by atoms with van der Waals surface area (Å²) in [6.07, 6.45) is 6.71. The Morgan fingerprint density at radius 2 is 1.52 bits per heavy atom. The SMILES string of the molecule is Cc1cccc2c(OCC3CO3)c3c(c(OCC4CO4)c12)CC=CC3. The van der Waals surface area contributed by atoms with E-state index in [2.05, 4.69) is 37.3 Å². The Hall–Kier alpha value is -2.04. The van der Waals surface area contributed by atoms with E-state index >= 15 is 0 Å². The molecule has 3 aliphatic rings. The molecule has 2 unspecified atom stereocenters. The van der Waals surface area contributed by atoms with Gasteiger partial charge in [-0.15, -0.1) is 0 Å². The normalized spacial score (nSPS) is 23.4. The third-order valence-electron chi connectivity index (χ3n) is 5.10. The van der Waals surface area contributed by atoms with Crippen molar-refractivity contribution in [3.63, 3.8) is 0 Å². The molecule has 0 saturated carbocycles. The van der Waals surface area contributed by atoms with Crippen molar-refractivity contribution in [3.8, 4) is 11.5 Å². The molecular weight excluding hydrogens is 316 g/mol. The van der Waals surface area contributed by atoms with E-state index in [0.717, 1.165) is 42.9 Å².